The van der Waals surface area contributed by atoms with Gasteiger partial charge in [-0.2, -0.15) is 9.78 Å². The predicted molar refractivity (Wildman–Crippen MR) is 121 cm³/mol. The Balaban J connectivity index is 1.46. The number of carbonyl (C=O) groups is 1. The van der Waals surface area contributed by atoms with Gasteiger partial charge in [-0.3, -0.25) is 4.79 Å². The zero-order valence-corrected chi connectivity index (χ0v) is 18.5. The number of hydrogen-bond donors (Lipinski definition) is 1. The van der Waals surface area contributed by atoms with Gasteiger partial charge in [0.2, 0.25) is 0 Å². The zero-order valence-electron chi connectivity index (χ0n) is 18.5. The van der Waals surface area contributed by atoms with Crippen LogP contribution in [0.3, 0.4) is 0 Å². The van der Waals surface area contributed by atoms with Crippen molar-refractivity contribution in [3.05, 3.63) is 47.4 Å². The van der Waals surface area contributed by atoms with Crippen LogP contribution < -0.4 is 5.32 Å². The SMILES string of the molecule is Cc1nn(-c2ccccn2)c2nc(C3CC3)cc(C(=O)NCC3CCN(C(C)C)C3)c12. The lowest BCUT2D eigenvalue weighted by Crippen LogP contribution is -2.33. The molecule has 1 unspecified atom stereocenters. The molecule has 1 aliphatic carbocycles. The van der Waals surface area contributed by atoms with Crippen molar-refractivity contribution in [2.75, 3.05) is 19.6 Å². The summed E-state index contributed by atoms with van der Waals surface area (Å²) in [4.78, 5) is 25.2. The molecule has 1 amide bonds. The Kier molecular flexibility index (Phi) is 5.22. The van der Waals surface area contributed by atoms with Crippen LogP contribution in [0.1, 0.15) is 60.8 Å². The minimum atomic E-state index is -0.0269. The molecule has 1 N–H and O–H groups in total. The van der Waals surface area contributed by atoms with Crippen molar-refractivity contribution < 1.29 is 4.79 Å². The zero-order chi connectivity index (χ0) is 21.5. The van der Waals surface area contributed by atoms with Crippen LogP contribution in [0.4, 0.5) is 0 Å². The van der Waals surface area contributed by atoms with Crippen LogP contribution in [0.15, 0.2) is 30.5 Å². The highest BCUT2D eigenvalue weighted by Crippen LogP contribution is 2.40. The van der Waals surface area contributed by atoms with Crippen molar-refractivity contribution >= 4 is 16.9 Å². The molecule has 5 rings (SSSR count). The Hall–Kier alpha value is -2.80. The summed E-state index contributed by atoms with van der Waals surface area (Å²) in [6.07, 6.45) is 5.14. The molecule has 3 aromatic heterocycles. The van der Waals surface area contributed by atoms with Gasteiger partial charge in [-0.15, -0.1) is 0 Å². The van der Waals surface area contributed by atoms with Crippen LogP contribution in [0, 0.1) is 12.8 Å². The third-order valence-corrected chi connectivity index (χ3v) is 6.54. The minimum Gasteiger partial charge on any atom is -0.352 e. The first-order chi connectivity index (χ1) is 15.0. The van der Waals surface area contributed by atoms with E-state index in [0.717, 1.165) is 54.8 Å². The summed E-state index contributed by atoms with van der Waals surface area (Å²) in [7, 11) is 0. The molecule has 162 valence electrons. The monoisotopic (exact) mass is 418 g/mol. The number of aromatic nitrogens is 4. The standard InChI is InChI=1S/C24H30N6O/c1-15(2)29-11-9-17(14-29)13-26-24(31)19-12-20(18-7-8-18)27-23-22(19)16(3)28-30(23)21-6-4-5-10-25-21/h4-6,10,12,15,17-18H,7-9,11,13-14H2,1-3H3,(H,26,31). The molecule has 1 saturated carbocycles. The van der Waals surface area contributed by atoms with E-state index in [1.807, 2.05) is 31.2 Å². The molecule has 3 aromatic rings. The molecule has 7 nitrogen and oxygen atoms in total. The average molecular weight is 419 g/mol. The van der Waals surface area contributed by atoms with Gasteiger partial charge in [-0.1, -0.05) is 6.07 Å². The number of amides is 1. The highest BCUT2D eigenvalue weighted by atomic mass is 16.1. The maximum atomic E-state index is 13.3. The Morgan fingerprint density at radius 2 is 2.10 bits per heavy atom. The predicted octanol–water partition coefficient (Wildman–Crippen LogP) is 3.46. The Morgan fingerprint density at radius 1 is 1.26 bits per heavy atom. The first-order valence-corrected chi connectivity index (χ1v) is 11.3. The maximum Gasteiger partial charge on any atom is 0.252 e. The lowest BCUT2D eigenvalue weighted by molar-refractivity contribution is 0.0948. The minimum absolute atomic E-state index is 0.0269. The van der Waals surface area contributed by atoms with Gasteiger partial charge in [0.25, 0.3) is 5.91 Å². The lowest BCUT2D eigenvalue weighted by atomic mass is 10.1. The second-order valence-corrected chi connectivity index (χ2v) is 9.21. The average Bonchev–Trinajstić information content (AvgIpc) is 3.42. The molecule has 4 heterocycles. The number of hydrogen-bond acceptors (Lipinski definition) is 5. The Morgan fingerprint density at radius 3 is 2.77 bits per heavy atom. The normalized spacial score (nSPS) is 19.4. The van der Waals surface area contributed by atoms with E-state index >= 15 is 0 Å². The van der Waals surface area contributed by atoms with Gasteiger partial charge in [0.15, 0.2) is 11.5 Å². The van der Waals surface area contributed by atoms with E-state index in [9.17, 15) is 4.79 Å². The quantitative estimate of drug-likeness (QED) is 0.663. The Labute approximate surface area is 182 Å². The molecular formula is C24H30N6O. The van der Waals surface area contributed by atoms with Gasteiger partial charge < -0.3 is 10.2 Å². The highest BCUT2D eigenvalue weighted by molar-refractivity contribution is 6.06. The summed E-state index contributed by atoms with van der Waals surface area (Å²) in [5.41, 5.74) is 3.19. The van der Waals surface area contributed by atoms with Crippen LogP contribution in [0.5, 0.6) is 0 Å². The van der Waals surface area contributed by atoms with Gasteiger partial charge in [-0.05, 0) is 70.7 Å². The molecule has 2 fully saturated rings. The van der Waals surface area contributed by atoms with Gasteiger partial charge in [0.1, 0.15) is 0 Å². The summed E-state index contributed by atoms with van der Waals surface area (Å²) >= 11 is 0. The maximum absolute atomic E-state index is 13.3. The van der Waals surface area contributed by atoms with E-state index in [2.05, 4.69) is 29.0 Å². The third kappa shape index (κ3) is 3.94. The summed E-state index contributed by atoms with van der Waals surface area (Å²) < 4.78 is 1.77. The molecule has 1 aliphatic heterocycles. The van der Waals surface area contributed by atoms with E-state index in [4.69, 9.17) is 10.1 Å². The summed E-state index contributed by atoms with van der Waals surface area (Å²) in [6, 6.07) is 8.28. The fourth-order valence-corrected chi connectivity index (χ4v) is 4.54. The smallest absolute Gasteiger partial charge is 0.252 e. The number of likely N-dealkylation sites (tertiary alicyclic amines) is 1. The van der Waals surface area contributed by atoms with Crippen molar-refractivity contribution in [2.45, 2.75) is 52.0 Å². The highest BCUT2D eigenvalue weighted by Gasteiger charge is 2.30. The number of carbonyl (C=O) groups excluding carboxylic acids is 1. The van der Waals surface area contributed by atoms with Gasteiger partial charge in [0, 0.05) is 36.9 Å². The third-order valence-electron chi connectivity index (χ3n) is 6.54. The van der Waals surface area contributed by atoms with Crippen LogP contribution in [0.2, 0.25) is 0 Å². The van der Waals surface area contributed by atoms with Crippen molar-refractivity contribution in [3.8, 4) is 5.82 Å². The largest absolute Gasteiger partial charge is 0.352 e. The molecule has 31 heavy (non-hydrogen) atoms. The molecule has 0 aromatic carbocycles. The summed E-state index contributed by atoms with van der Waals surface area (Å²) in [5.74, 6) is 1.63. The van der Waals surface area contributed by atoms with Crippen molar-refractivity contribution in [2.24, 2.45) is 5.92 Å². The van der Waals surface area contributed by atoms with E-state index in [-0.39, 0.29) is 5.91 Å². The first kappa shape index (κ1) is 20.1. The first-order valence-electron chi connectivity index (χ1n) is 11.3. The van der Waals surface area contributed by atoms with Crippen molar-refractivity contribution in [1.82, 2.24) is 30.0 Å². The fraction of sp³-hybridized carbons (Fsp3) is 0.500. The summed E-state index contributed by atoms with van der Waals surface area (Å²) in [6.45, 7) is 9.27. The molecule has 1 atom stereocenters. The Bertz CT molecular complexity index is 1100. The van der Waals surface area contributed by atoms with E-state index in [1.54, 1.807) is 10.9 Å². The number of rotatable bonds is 6. The van der Waals surface area contributed by atoms with E-state index in [1.165, 1.54) is 0 Å². The van der Waals surface area contributed by atoms with Crippen LogP contribution in [-0.2, 0) is 0 Å². The number of aryl methyl sites for hydroxylation is 1. The number of nitrogens with zero attached hydrogens (tertiary/aromatic N) is 5. The number of nitrogens with one attached hydrogen (secondary N) is 1. The molecule has 0 radical (unpaired) electrons. The van der Waals surface area contributed by atoms with Gasteiger partial charge >= 0.3 is 0 Å². The molecule has 1 saturated heterocycles. The fourth-order valence-electron chi connectivity index (χ4n) is 4.54. The molecule has 2 aliphatic rings. The van der Waals surface area contributed by atoms with Crippen LogP contribution in [-0.4, -0.2) is 56.2 Å². The van der Waals surface area contributed by atoms with E-state index in [0.29, 0.717) is 35.8 Å². The molecule has 0 spiro atoms. The van der Waals surface area contributed by atoms with Crippen molar-refractivity contribution in [3.63, 3.8) is 0 Å². The van der Waals surface area contributed by atoms with Crippen molar-refractivity contribution in [1.29, 1.82) is 0 Å². The lowest BCUT2D eigenvalue weighted by Gasteiger charge is -2.20. The van der Waals surface area contributed by atoms with E-state index < -0.39 is 0 Å². The van der Waals surface area contributed by atoms with Crippen LogP contribution >= 0.6 is 0 Å². The second-order valence-electron chi connectivity index (χ2n) is 9.21. The topological polar surface area (TPSA) is 75.9 Å². The van der Waals surface area contributed by atoms with Gasteiger partial charge in [-0.25, -0.2) is 9.97 Å². The second kappa shape index (κ2) is 8.04. The molecule has 7 heteroatoms. The number of fused-ring (bicyclic) bond motifs is 1. The molecule has 0 bridgehead atoms. The van der Waals surface area contributed by atoms with Gasteiger partial charge in [0.05, 0.1) is 16.6 Å². The number of pyridine rings is 2. The summed E-state index contributed by atoms with van der Waals surface area (Å²) in [5, 5.41) is 8.73. The van der Waals surface area contributed by atoms with Crippen LogP contribution in [0.25, 0.3) is 16.9 Å². The molecular weight excluding hydrogens is 388 g/mol.